The van der Waals surface area contributed by atoms with E-state index in [-0.39, 0.29) is 65.2 Å². The number of phenolic OH excluding ortho intramolecular Hbond substituents is 1. The number of hydrogen-bond acceptors (Lipinski definition) is 9. The van der Waals surface area contributed by atoms with Crippen molar-refractivity contribution in [2.45, 2.75) is 44.2 Å². The average molecular weight is 692 g/mol. The van der Waals surface area contributed by atoms with Gasteiger partial charge in [0.15, 0.2) is 5.82 Å². The second kappa shape index (κ2) is 12.4. The van der Waals surface area contributed by atoms with Gasteiger partial charge in [-0.1, -0.05) is 12.6 Å². The molecule has 0 bridgehead atoms. The summed E-state index contributed by atoms with van der Waals surface area (Å²) < 4.78 is 24.5. The normalized spacial score (nSPS) is 19.9. The standard InChI is InChI=1S/C32H34FN7O6SSi/c1-37-24-14-18(3-6-22(24)40(32(37)46)23-7-8-26(42)35-30(23)44)17-9-11-38(12-10-17)48(2)31(45)34-20-4-5-21-19(13-20)15-25(41)29(28(21)33)39-16-27(43)36-47-39/h3-6,13-15,17,23,41,48H,7-12,16H2,1-2H3,(H,34,45)(H,36,43)(H,35,42,44)/t23?,48-/m0/s1. The molecule has 1 aromatic heterocycles. The van der Waals surface area contributed by atoms with E-state index in [1.807, 2.05) is 24.7 Å². The summed E-state index contributed by atoms with van der Waals surface area (Å²) in [5.41, 5.74) is 2.55. The zero-order valence-corrected chi connectivity index (χ0v) is 28.3. The Morgan fingerprint density at radius 1 is 1.02 bits per heavy atom. The number of anilines is 2. The van der Waals surface area contributed by atoms with E-state index in [1.165, 1.54) is 14.9 Å². The molecule has 0 aliphatic carbocycles. The van der Waals surface area contributed by atoms with Crippen LogP contribution in [-0.4, -0.2) is 70.7 Å². The molecule has 13 nitrogen and oxygen atoms in total. The predicted octanol–water partition coefficient (Wildman–Crippen LogP) is 3.16. The number of aromatic nitrogens is 2. The Kier molecular flexibility index (Phi) is 8.25. The van der Waals surface area contributed by atoms with Crippen LogP contribution < -0.4 is 25.4 Å². The summed E-state index contributed by atoms with van der Waals surface area (Å²) in [6.07, 6.45) is 2.14. The molecular weight excluding hydrogens is 658 g/mol. The highest BCUT2D eigenvalue weighted by atomic mass is 32.2. The highest BCUT2D eigenvalue weighted by Gasteiger charge is 2.33. The summed E-state index contributed by atoms with van der Waals surface area (Å²) in [7, 11) is -0.372. The number of imidazole rings is 1. The summed E-state index contributed by atoms with van der Waals surface area (Å²) in [6.45, 7) is 3.39. The first-order chi connectivity index (χ1) is 23.0. The van der Waals surface area contributed by atoms with Gasteiger partial charge in [0.2, 0.25) is 26.3 Å². The van der Waals surface area contributed by atoms with Crippen molar-refractivity contribution in [3.63, 3.8) is 0 Å². The van der Waals surface area contributed by atoms with E-state index in [4.69, 9.17) is 0 Å². The van der Waals surface area contributed by atoms with Crippen molar-refractivity contribution in [3.8, 4) is 5.75 Å². The first kappa shape index (κ1) is 31.9. The molecule has 4 amide bonds. The fourth-order valence-electron chi connectivity index (χ4n) is 6.98. The SMILES string of the molecule is Cn1c(=O)n(C2CCC(=O)NC2=O)c2ccc(C3CCN([Si@@H](C)C(=O)Nc4ccc5c(F)c(N6CC(=O)NS6)c(O)cc5c4)CC3)cc21. The van der Waals surface area contributed by atoms with Gasteiger partial charge in [-0.2, -0.15) is 0 Å². The molecule has 0 spiro atoms. The Labute approximate surface area is 280 Å². The number of phenols is 1. The summed E-state index contributed by atoms with van der Waals surface area (Å²) in [5, 5.41) is 16.6. The van der Waals surface area contributed by atoms with Crippen molar-refractivity contribution in [2.75, 3.05) is 29.3 Å². The van der Waals surface area contributed by atoms with Crippen LogP contribution in [0.15, 0.2) is 47.3 Å². The van der Waals surface area contributed by atoms with Crippen molar-refractivity contribution < 1.29 is 28.7 Å². The van der Waals surface area contributed by atoms with E-state index < -0.39 is 26.7 Å². The lowest BCUT2D eigenvalue weighted by Crippen LogP contribution is -2.48. The lowest BCUT2D eigenvalue weighted by atomic mass is 9.90. The number of hydrogen-bond donors (Lipinski definition) is 4. The molecule has 7 rings (SSSR count). The largest absolute Gasteiger partial charge is 0.506 e. The molecular formula is C32H34FN7O6SSi. The number of nitrogens with one attached hydrogen (secondary N) is 3. The average Bonchev–Trinajstić information content (AvgIpc) is 3.60. The van der Waals surface area contributed by atoms with Crippen LogP contribution in [0.25, 0.3) is 21.8 Å². The number of amides is 4. The minimum atomic E-state index is -2.06. The van der Waals surface area contributed by atoms with E-state index in [9.17, 15) is 29.1 Å². The monoisotopic (exact) mass is 691 g/mol. The highest BCUT2D eigenvalue weighted by molar-refractivity contribution is 7.99. The summed E-state index contributed by atoms with van der Waals surface area (Å²) in [5.74, 6) is -1.78. The van der Waals surface area contributed by atoms with Gasteiger partial charge < -0.3 is 15.0 Å². The van der Waals surface area contributed by atoms with Crippen LogP contribution in [0.4, 0.5) is 20.6 Å². The topological polar surface area (TPSA) is 158 Å². The molecule has 1 unspecified atom stereocenters. The maximum atomic E-state index is 15.4. The molecule has 0 saturated carbocycles. The third-order valence-electron chi connectivity index (χ3n) is 9.67. The fraction of sp³-hybridized carbons (Fsp3) is 0.344. The number of fused-ring (bicyclic) bond motifs is 2. The molecule has 0 radical (unpaired) electrons. The molecule has 3 aliphatic rings. The van der Waals surface area contributed by atoms with Crippen LogP contribution >= 0.6 is 12.1 Å². The number of carbonyl (C=O) groups is 4. The molecule has 250 valence electrons. The van der Waals surface area contributed by atoms with Crippen molar-refractivity contribution in [1.29, 1.82) is 0 Å². The summed E-state index contributed by atoms with van der Waals surface area (Å²) >= 11 is 0.917. The number of nitrogens with zero attached hydrogens (tertiary/aromatic N) is 4. The zero-order chi connectivity index (χ0) is 33.9. The quantitative estimate of drug-likeness (QED) is 0.135. The Hall–Kier alpha value is -4.67. The van der Waals surface area contributed by atoms with Gasteiger partial charge in [0.25, 0.3) is 5.91 Å². The van der Waals surface area contributed by atoms with Crippen LogP contribution in [0.2, 0.25) is 6.55 Å². The number of imide groups is 1. The third kappa shape index (κ3) is 5.62. The molecule has 16 heteroatoms. The fourth-order valence-corrected chi connectivity index (χ4v) is 9.48. The molecule has 3 aliphatic heterocycles. The Morgan fingerprint density at radius 2 is 1.79 bits per heavy atom. The number of piperidine rings is 2. The van der Waals surface area contributed by atoms with Gasteiger partial charge in [0.1, 0.15) is 24.0 Å². The molecule has 4 aromatic rings. The highest BCUT2D eigenvalue weighted by Crippen LogP contribution is 2.40. The van der Waals surface area contributed by atoms with E-state index in [1.54, 1.807) is 29.8 Å². The van der Waals surface area contributed by atoms with Gasteiger partial charge in [-0.25, -0.2) is 9.18 Å². The van der Waals surface area contributed by atoms with Crippen LogP contribution in [0.1, 0.15) is 43.2 Å². The Morgan fingerprint density at radius 3 is 2.50 bits per heavy atom. The smallest absolute Gasteiger partial charge is 0.329 e. The second-order valence-electron chi connectivity index (χ2n) is 12.5. The lowest BCUT2D eigenvalue weighted by Gasteiger charge is -2.35. The van der Waals surface area contributed by atoms with Crippen molar-refractivity contribution in [1.82, 2.24) is 23.7 Å². The first-order valence-electron chi connectivity index (χ1n) is 15.8. The van der Waals surface area contributed by atoms with E-state index in [0.29, 0.717) is 16.6 Å². The van der Waals surface area contributed by atoms with Crippen LogP contribution in [0, 0.1) is 5.82 Å². The van der Waals surface area contributed by atoms with Gasteiger partial charge in [-0.15, -0.1) is 0 Å². The van der Waals surface area contributed by atoms with Crippen molar-refractivity contribution >= 4 is 77.5 Å². The maximum absolute atomic E-state index is 15.4. The molecule has 4 N–H and O–H groups in total. The van der Waals surface area contributed by atoms with Crippen molar-refractivity contribution in [3.05, 3.63) is 64.3 Å². The Balaban J connectivity index is 1.01. The van der Waals surface area contributed by atoms with E-state index >= 15 is 4.39 Å². The number of aryl methyl sites for hydroxylation is 1. The first-order valence-corrected chi connectivity index (χ1v) is 18.8. The number of aromatic hydroxyl groups is 1. The van der Waals surface area contributed by atoms with Crippen LogP contribution in [0.5, 0.6) is 5.75 Å². The van der Waals surface area contributed by atoms with Crippen molar-refractivity contribution in [2.24, 2.45) is 7.05 Å². The third-order valence-corrected chi connectivity index (χ3v) is 13.0. The predicted molar refractivity (Wildman–Crippen MR) is 183 cm³/mol. The van der Waals surface area contributed by atoms with Crippen LogP contribution in [-0.2, 0) is 21.4 Å². The molecule has 3 fully saturated rings. The van der Waals surface area contributed by atoms with Gasteiger partial charge in [0.05, 0.1) is 23.2 Å². The molecule has 3 saturated heterocycles. The van der Waals surface area contributed by atoms with Crippen LogP contribution in [0.3, 0.4) is 0 Å². The molecule has 3 aromatic carbocycles. The minimum absolute atomic E-state index is 0.0679. The molecule has 48 heavy (non-hydrogen) atoms. The molecule has 4 heterocycles. The van der Waals surface area contributed by atoms with Gasteiger partial charge >= 0.3 is 5.69 Å². The minimum Gasteiger partial charge on any atom is -0.506 e. The number of carbonyl (C=O) groups excluding carboxylic acids is 4. The summed E-state index contributed by atoms with van der Waals surface area (Å²) in [6, 6.07) is 11.4. The summed E-state index contributed by atoms with van der Waals surface area (Å²) in [4.78, 5) is 62.3. The number of benzene rings is 3. The second-order valence-corrected chi connectivity index (χ2v) is 16.0. The van der Waals surface area contributed by atoms with Gasteiger partial charge in [-0.05, 0) is 85.6 Å². The maximum Gasteiger partial charge on any atom is 0.329 e. The lowest BCUT2D eigenvalue weighted by molar-refractivity contribution is -0.135. The van der Waals surface area contributed by atoms with E-state index in [0.717, 1.165) is 49.1 Å². The Bertz CT molecular complexity index is 2080. The van der Waals surface area contributed by atoms with Gasteiger partial charge in [-0.3, -0.25) is 42.7 Å². The zero-order valence-electron chi connectivity index (χ0n) is 26.3. The molecule has 2 atom stereocenters. The van der Waals surface area contributed by atoms with Gasteiger partial charge in [0, 0.05) is 24.5 Å². The number of rotatable bonds is 6. The van der Waals surface area contributed by atoms with E-state index in [2.05, 4.69) is 19.9 Å². The number of halogens is 1.